The van der Waals surface area contributed by atoms with Crippen molar-refractivity contribution in [2.75, 3.05) is 11.8 Å². The molecule has 176 valence electrons. The predicted octanol–water partition coefficient (Wildman–Crippen LogP) is 4.99. The molecule has 0 saturated carbocycles. The summed E-state index contributed by atoms with van der Waals surface area (Å²) in [6, 6.07) is 16.2. The molecule has 3 aromatic carbocycles. The highest BCUT2D eigenvalue weighted by atomic mass is 35.5. The van der Waals surface area contributed by atoms with Crippen molar-refractivity contribution in [1.82, 2.24) is 5.01 Å². The van der Waals surface area contributed by atoms with E-state index in [4.69, 9.17) is 16.3 Å². The van der Waals surface area contributed by atoms with E-state index in [9.17, 15) is 17.6 Å². The van der Waals surface area contributed by atoms with Gasteiger partial charge in [0.1, 0.15) is 11.6 Å². The van der Waals surface area contributed by atoms with Crippen LogP contribution in [0.25, 0.3) is 0 Å². The Morgan fingerprint density at radius 3 is 2.38 bits per heavy atom. The summed E-state index contributed by atoms with van der Waals surface area (Å²) in [5.41, 5.74) is 2.59. The largest absolute Gasteiger partial charge is 0.495 e. The fourth-order valence-corrected chi connectivity index (χ4v) is 5.01. The van der Waals surface area contributed by atoms with Crippen LogP contribution in [-0.4, -0.2) is 32.2 Å². The maximum absolute atomic E-state index is 13.1. The van der Waals surface area contributed by atoms with Crippen LogP contribution in [0, 0.1) is 5.82 Å². The zero-order chi connectivity index (χ0) is 24.5. The van der Waals surface area contributed by atoms with Crippen LogP contribution in [0.2, 0.25) is 5.02 Å². The van der Waals surface area contributed by atoms with E-state index in [2.05, 4.69) is 9.82 Å². The zero-order valence-corrected chi connectivity index (χ0v) is 19.9. The Balaban J connectivity index is 1.54. The molecule has 1 aliphatic rings. The summed E-state index contributed by atoms with van der Waals surface area (Å²) in [5, 5.41) is 6.35. The molecule has 3 aromatic rings. The van der Waals surface area contributed by atoms with Gasteiger partial charge in [0.2, 0.25) is 5.91 Å². The molecule has 1 amide bonds. The van der Waals surface area contributed by atoms with Gasteiger partial charge in [-0.05, 0) is 59.7 Å². The van der Waals surface area contributed by atoms with E-state index >= 15 is 0 Å². The van der Waals surface area contributed by atoms with Gasteiger partial charge < -0.3 is 4.74 Å². The lowest BCUT2D eigenvalue weighted by Gasteiger charge is -2.21. The lowest BCUT2D eigenvalue weighted by molar-refractivity contribution is -0.130. The molecule has 0 spiro atoms. The number of hydrogen-bond donors (Lipinski definition) is 1. The highest BCUT2D eigenvalue weighted by Crippen LogP contribution is 2.36. The maximum atomic E-state index is 13.1. The number of methoxy groups -OCH3 is 1. The van der Waals surface area contributed by atoms with Crippen LogP contribution in [0.3, 0.4) is 0 Å². The second-order valence-corrected chi connectivity index (χ2v) is 9.75. The van der Waals surface area contributed by atoms with Crippen molar-refractivity contribution in [2.24, 2.45) is 5.10 Å². The van der Waals surface area contributed by atoms with Crippen molar-refractivity contribution < 1.29 is 22.3 Å². The molecule has 0 fully saturated rings. The van der Waals surface area contributed by atoms with Crippen LogP contribution in [0.4, 0.5) is 10.1 Å². The second kappa shape index (κ2) is 9.44. The van der Waals surface area contributed by atoms with Crippen LogP contribution < -0.4 is 9.46 Å². The normalized spacial score (nSPS) is 15.7. The van der Waals surface area contributed by atoms with Gasteiger partial charge in [0.05, 0.1) is 28.8 Å². The Morgan fingerprint density at radius 2 is 1.79 bits per heavy atom. The molecule has 0 aromatic heterocycles. The van der Waals surface area contributed by atoms with Crippen molar-refractivity contribution in [3.05, 3.63) is 88.7 Å². The van der Waals surface area contributed by atoms with Gasteiger partial charge in [-0.2, -0.15) is 5.10 Å². The number of hydrogen-bond acceptors (Lipinski definition) is 5. The molecule has 1 atom stereocenters. The van der Waals surface area contributed by atoms with Gasteiger partial charge in [0.25, 0.3) is 10.0 Å². The second-order valence-electron chi connectivity index (χ2n) is 7.66. The molecule has 0 aliphatic carbocycles. The van der Waals surface area contributed by atoms with E-state index in [0.717, 1.165) is 23.3 Å². The summed E-state index contributed by atoms with van der Waals surface area (Å²) in [5.74, 6) is -0.191. The Morgan fingerprint density at radius 1 is 1.12 bits per heavy atom. The smallest absolute Gasteiger partial charge is 0.261 e. The van der Waals surface area contributed by atoms with E-state index in [1.807, 2.05) is 6.07 Å². The average molecular weight is 502 g/mol. The zero-order valence-electron chi connectivity index (χ0n) is 18.3. The number of halogens is 2. The molecular formula is C24H21ClFN3O4S. The summed E-state index contributed by atoms with van der Waals surface area (Å²) in [6.07, 6.45) is 0.461. The fraction of sp³-hybridized carbons (Fsp3) is 0.167. The summed E-state index contributed by atoms with van der Waals surface area (Å²) in [4.78, 5) is 12.2. The Kier molecular flexibility index (Phi) is 6.58. The fourth-order valence-electron chi connectivity index (χ4n) is 3.68. The molecule has 1 unspecified atom stereocenters. The van der Waals surface area contributed by atoms with Gasteiger partial charge in [0, 0.05) is 19.0 Å². The third-order valence-electron chi connectivity index (χ3n) is 5.39. The number of sulfonamides is 1. The van der Waals surface area contributed by atoms with Crippen LogP contribution in [-0.2, 0) is 14.8 Å². The van der Waals surface area contributed by atoms with Gasteiger partial charge in [-0.15, -0.1) is 0 Å². The molecule has 1 aliphatic heterocycles. The first kappa shape index (κ1) is 23.7. The van der Waals surface area contributed by atoms with E-state index in [0.29, 0.717) is 28.6 Å². The van der Waals surface area contributed by atoms with Gasteiger partial charge >= 0.3 is 0 Å². The molecule has 0 bridgehead atoms. The highest BCUT2D eigenvalue weighted by Gasteiger charge is 2.31. The number of anilines is 1. The van der Waals surface area contributed by atoms with Crippen molar-refractivity contribution in [1.29, 1.82) is 0 Å². The first-order chi connectivity index (χ1) is 16.2. The number of rotatable bonds is 6. The molecular weight excluding hydrogens is 481 g/mol. The number of carbonyl (C=O) groups is 1. The topological polar surface area (TPSA) is 88.1 Å². The third kappa shape index (κ3) is 4.90. The van der Waals surface area contributed by atoms with Gasteiger partial charge in [-0.3, -0.25) is 9.52 Å². The minimum absolute atomic E-state index is 0.0451. The monoisotopic (exact) mass is 501 g/mol. The summed E-state index contributed by atoms with van der Waals surface area (Å²) >= 11 is 6.27. The van der Waals surface area contributed by atoms with Crippen molar-refractivity contribution in [2.45, 2.75) is 24.3 Å². The number of nitrogens with zero attached hydrogens (tertiary/aromatic N) is 2. The number of ether oxygens (including phenoxy) is 1. The Hall–Kier alpha value is -3.43. The lowest BCUT2D eigenvalue weighted by Crippen LogP contribution is -2.24. The third-order valence-corrected chi connectivity index (χ3v) is 7.08. The highest BCUT2D eigenvalue weighted by molar-refractivity contribution is 7.92. The molecule has 0 radical (unpaired) electrons. The summed E-state index contributed by atoms with van der Waals surface area (Å²) < 4.78 is 45.8. The maximum Gasteiger partial charge on any atom is 0.261 e. The number of hydrazone groups is 1. The van der Waals surface area contributed by atoms with Gasteiger partial charge in [-0.1, -0.05) is 29.8 Å². The molecule has 34 heavy (non-hydrogen) atoms. The first-order valence-corrected chi connectivity index (χ1v) is 12.1. The SMILES string of the molecule is COc1ccc(C2CC(c3ccc(NS(=O)(=O)c4ccc(F)cc4)cc3)=NN2C(C)=O)cc1Cl. The van der Waals surface area contributed by atoms with Crippen molar-refractivity contribution in [3.8, 4) is 5.75 Å². The Labute approximate surface area is 201 Å². The van der Waals surface area contributed by atoms with Crippen LogP contribution >= 0.6 is 11.6 Å². The Bertz CT molecular complexity index is 1360. The number of carbonyl (C=O) groups excluding carboxylic acids is 1. The van der Waals surface area contributed by atoms with Gasteiger partial charge in [-0.25, -0.2) is 17.8 Å². The van der Waals surface area contributed by atoms with E-state index in [1.54, 1.807) is 36.4 Å². The van der Waals surface area contributed by atoms with Gasteiger partial charge in [0.15, 0.2) is 0 Å². The molecule has 1 N–H and O–H groups in total. The average Bonchev–Trinajstić information content (AvgIpc) is 3.25. The number of benzene rings is 3. The molecule has 0 saturated heterocycles. The van der Waals surface area contributed by atoms with Crippen molar-refractivity contribution >= 4 is 38.9 Å². The van der Waals surface area contributed by atoms with Crippen LogP contribution in [0.15, 0.2) is 76.7 Å². The minimum Gasteiger partial charge on any atom is -0.495 e. The predicted molar refractivity (Wildman–Crippen MR) is 128 cm³/mol. The standard InChI is InChI=1S/C24H21ClFN3O4S/c1-15(30)29-23(17-5-12-24(33-2)21(25)13-17)14-22(27-29)16-3-8-19(9-4-16)28-34(31,32)20-10-6-18(26)7-11-20/h3-13,23,28H,14H2,1-2H3. The quantitative estimate of drug-likeness (QED) is 0.515. The molecule has 4 rings (SSSR count). The summed E-state index contributed by atoms with van der Waals surface area (Å²) in [7, 11) is -2.33. The molecule has 10 heteroatoms. The van der Waals surface area contributed by atoms with E-state index in [1.165, 1.54) is 31.2 Å². The first-order valence-electron chi connectivity index (χ1n) is 10.3. The molecule has 1 heterocycles. The van der Waals surface area contributed by atoms with Crippen molar-refractivity contribution in [3.63, 3.8) is 0 Å². The molecule has 7 nitrogen and oxygen atoms in total. The lowest BCUT2D eigenvalue weighted by atomic mass is 9.98. The number of nitrogens with one attached hydrogen (secondary N) is 1. The van der Waals surface area contributed by atoms with E-state index in [-0.39, 0.29) is 16.8 Å². The van der Waals surface area contributed by atoms with Crippen LogP contribution in [0.5, 0.6) is 5.75 Å². The number of amides is 1. The van der Waals surface area contributed by atoms with E-state index < -0.39 is 15.8 Å². The summed E-state index contributed by atoms with van der Waals surface area (Å²) in [6.45, 7) is 1.44. The minimum atomic E-state index is -3.86. The van der Waals surface area contributed by atoms with Crippen LogP contribution in [0.1, 0.15) is 30.5 Å².